The summed E-state index contributed by atoms with van der Waals surface area (Å²) in [7, 11) is 1.62. The molecule has 33 heavy (non-hydrogen) atoms. The van der Waals surface area contributed by atoms with Crippen LogP contribution < -0.4 is 5.32 Å². The Morgan fingerprint density at radius 3 is 2.18 bits per heavy atom. The number of benzene rings is 3. The lowest BCUT2D eigenvalue weighted by atomic mass is 10.0. The molecule has 0 fully saturated rings. The predicted molar refractivity (Wildman–Crippen MR) is 140 cm³/mol. The van der Waals surface area contributed by atoms with E-state index in [0.717, 1.165) is 21.4 Å². The van der Waals surface area contributed by atoms with Gasteiger partial charge in [-0.3, -0.25) is 9.59 Å². The lowest BCUT2D eigenvalue weighted by Crippen LogP contribution is -2.49. The molecule has 0 aliphatic rings. The molecule has 0 aromatic heterocycles. The van der Waals surface area contributed by atoms with E-state index in [1.165, 1.54) is 5.56 Å². The number of rotatable bonds is 11. The summed E-state index contributed by atoms with van der Waals surface area (Å²) in [6.07, 6.45) is 0.852. The van der Waals surface area contributed by atoms with Gasteiger partial charge in [0.25, 0.3) is 0 Å². The average molecular weight is 526 g/mol. The molecule has 3 aromatic rings. The van der Waals surface area contributed by atoms with Gasteiger partial charge in [0.15, 0.2) is 0 Å². The van der Waals surface area contributed by atoms with Gasteiger partial charge in [-0.25, -0.2) is 0 Å². The van der Waals surface area contributed by atoms with Crippen LogP contribution >= 0.6 is 27.7 Å². The van der Waals surface area contributed by atoms with Gasteiger partial charge in [-0.15, -0.1) is 0 Å². The number of nitrogens with one attached hydrogen (secondary N) is 1. The van der Waals surface area contributed by atoms with Crippen molar-refractivity contribution in [2.45, 2.75) is 31.2 Å². The van der Waals surface area contributed by atoms with Crippen molar-refractivity contribution in [1.29, 1.82) is 0 Å². The Balaban J connectivity index is 1.75. The van der Waals surface area contributed by atoms with Crippen molar-refractivity contribution in [3.05, 3.63) is 106 Å². The summed E-state index contributed by atoms with van der Waals surface area (Å²) in [6, 6.07) is 27.4. The summed E-state index contributed by atoms with van der Waals surface area (Å²) in [6.45, 7) is 0.381. The van der Waals surface area contributed by atoms with Gasteiger partial charge in [0, 0.05) is 42.4 Å². The van der Waals surface area contributed by atoms with E-state index in [1.807, 2.05) is 72.8 Å². The van der Waals surface area contributed by atoms with Crippen molar-refractivity contribution >= 4 is 39.5 Å². The van der Waals surface area contributed by atoms with Crippen LogP contribution in [-0.4, -0.2) is 35.6 Å². The molecule has 3 aromatic carbocycles. The Morgan fingerprint density at radius 1 is 0.909 bits per heavy atom. The molecule has 0 heterocycles. The summed E-state index contributed by atoms with van der Waals surface area (Å²) in [5.41, 5.74) is 3.25. The summed E-state index contributed by atoms with van der Waals surface area (Å²) in [5.74, 6) is 1.40. The third-order valence-electron chi connectivity index (χ3n) is 5.33. The van der Waals surface area contributed by atoms with Crippen molar-refractivity contribution in [2.24, 2.45) is 0 Å². The summed E-state index contributed by atoms with van der Waals surface area (Å²) >= 11 is 5.25. The smallest absolute Gasteiger partial charge is 0.242 e. The van der Waals surface area contributed by atoms with Gasteiger partial charge >= 0.3 is 0 Å². The zero-order chi connectivity index (χ0) is 23.5. The van der Waals surface area contributed by atoms with Gasteiger partial charge in [0.05, 0.1) is 0 Å². The Hall–Kier alpha value is -2.57. The molecular formula is C27H29BrN2O2S. The van der Waals surface area contributed by atoms with Crippen LogP contribution in [0.2, 0.25) is 0 Å². The Bertz CT molecular complexity index is 1030. The molecule has 0 aliphatic carbocycles. The second-order valence-electron chi connectivity index (χ2n) is 7.76. The van der Waals surface area contributed by atoms with E-state index in [1.54, 1.807) is 23.7 Å². The van der Waals surface area contributed by atoms with Crippen LogP contribution in [0.25, 0.3) is 0 Å². The molecule has 1 N–H and O–H groups in total. The number of hydrogen-bond donors (Lipinski definition) is 1. The van der Waals surface area contributed by atoms with Crippen molar-refractivity contribution in [3.8, 4) is 0 Å². The zero-order valence-corrected chi connectivity index (χ0v) is 21.1. The van der Waals surface area contributed by atoms with Crippen molar-refractivity contribution in [2.75, 3.05) is 12.8 Å². The van der Waals surface area contributed by atoms with E-state index < -0.39 is 6.04 Å². The quantitative estimate of drug-likeness (QED) is 0.339. The van der Waals surface area contributed by atoms with Crippen molar-refractivity contribution < 1.29 is 9.59 Å². The van der Waals surface area contributed by atoms with Crippen LogP contribution in [0.5, 0.6) is 0 Å². The van der Waals surface area contributed by atoms with Gasteiger partial charge in [0.1, 0.15) is 6.04 Å². The highest BCUT2D eigenvalue weighted by Gasteiger charge is 2.29. The second kappa shape index (κ2) is 13.2. The Morgan fingerprint density at radius 2 is 1.55 bits per heavy atom. The number of thioether (sulfide) groups is 1. The van der Waals surface area contributed by atoms with E-state index >= 15 is 0 Å². The Kier molecular flexibility index (Phi) is 10.0. The van der Waals surface area contributed by atoms with E-state index in [2.05, 4.69) is 33.4 Å². The first kappa shape index (κ1) is 25.1. The average Bonchev–Trinajstić information content (AvgIpc) is 2.84. The molecule has 2 amide bonds. The number of hydrogen-bond acceptors (Lipinski definition) is 3. The number of nitrogens with zero attached hydrogens (tertiary/aromatic N) is 1. The third-order valence-corrected chi connectivity index (χ3v) is 6.85. The number of likely N-dealkylation sites (N-methyl/N-ethyl adjacent to an activating group) is 1. The monoisotopic (exact) mass is 524 g/mol. The second-order valence-corrected chi connectivity index (χ2v) is 9.78. The SMILES string of the molecule is CNC(=O)[C@H](Cc1ccccc1)N(Cc1cccc(Br)c1)C(=O)CCSCc1ccccc1. The maximum Gasteiger partial charge on any atom is 0.242 e. The molecule has 4 nitrogen and oxygen atoms in total. The van der Waals surface area contributed by atoms with Gasteiger partial charge in [-0.2, -0.15) is 11.8 Å². The minimum atomic E-state index is -0.581. The molecule has 0 aliphatic heterocycles. The molecule has 0 bridgehead atoms. The van der Waals surface area contributed by atoms with Gasteiger partial charge < -0.3 is 10.2 Å². The maximum absolute atomic E-state index is 13.4. The first-order chi connectivity index (χ1) is 16.1. The van der Waals surface area contributed by atoms with Gasteiger partial charge in [0.2, 0.25) is 11.8 Å². The zero-order valence-electron chi connectivity index (χ0n) is 18.7. The predicted octanol–water partition coefficient (Wildman–Crippen LogP) is 5.46. The van der Waals surface area contributed by atoms with Gasteiger partial charge in [-0.05, 0) is 28.8 Å². The minimum Gasteiger partial charge on any atom is -0.357 e. The molecule has 0 unspecified atom stereocenters. The fourth-order valence-corrected chi connectivity index (χ4v) is 4.96. The molecule has 6 heteroatoms. The molecule has 0 saturated heterocycles. The van der Waals surface area contributed by atoms with Gasteiger partial charge in [-0.1, -0.05) is 88.7 Å². The number of carbonyl (C=O) groups excluding carboxylic acids is 2. The number of amides is 2. The summed E-state index contributed by atoms with van der Waals surface area (Å²) in [4.78, 5) is 28.1. The topological polar surface area (TPSA) is 49.4 Å². The van der Waals surface area contributed by atoms with Crippen LogP contribution in [0.15, 0.2) is 89.4 Å². The number of halogens is 1. The first-order valence-electron chi connectivity index (χ1n) is 11.0. The van der Waals surface area contributed by atoms with Crippen LogP contribution in [0.3, 0.4) is 0 Å². The molecule has 172 valence electrons. The molecule has 0 radical (unpaired) electrons. The normalized spacial score (nSPS) is 11.6. The van der Waals surface area contributed by atoms with Crippen molar-refractivity contribution in [3.63, 3.8) is 0 Å². The highest BCUT2D eigenvalue weighted by Crippen LogP contribution is 2.20. The van der Waals surface area contributed by atoms with Crippen LogP contribution in [0.1, 0.15) is 23.1 Å². The lowest BCUT2D eigenvalue weighted by molar-refractivity contribution is -0.140. The van der Waals surface area contributed by atoms with Crippen LogP contribution in [0, 0.1) is 0 Å². The summed E-state index contributed by atoms with van der Waals surface area (Å²) < 4.78 is 0.949. The molecule has 0 saturated carbocycles. The highest BCUT2D eigenvalue weighted by molar-refractivity contribution is 9.10. The molecule has 0 spiro atoms. The maximum atomic E-state index is 13.4. The van der Waals surface area contributed by atoms with E-state index in [9.17, 15) is 9.59 Å². The van der Waals surface area contributed by atoms with Crippen LogP contribution in [-0.2, 0) is 28.3 Å². The molecule has 3 rings (SSSR count). The highest BCUT2D eigenvalue weighted by atomic mass is 79.9. The Labute approximate surface area is 208 Å². The standard InChI is InChI=1S/C27H29BrN2O2S/c1-29-27(32)25(18-21-9-4-2-5-10-21)30(19-23-13-8-14-24(28)17-23)26(31)15-16-33-20-22-11-6-3-7-12-22/h2-14,17,25H,15-16,18-20H2,1H3,(H,29,32)/t25-/m0/s1. The van der Waals surface area contributed by atoms with E-state index in [0.29, 0.717) is 25.1 Å². The van der Waals surface area contributed by atoms with Crippen molar-refractivity contribution in [1.82, 2.24) is 10.2 Å². The van der Waals surface area contributed by atoms with E-state index in [-0.39, 0.29) is 11.8 Å². The summed E-state index contributed by atoms with van der Waals surface area (Å²) in [5, 5.41) is 2.76. The first-order valence-corrected chi connectivity index (χ1v) is 12.9. The fourth-order valence-electron chi connectivity index (χ4n) is 3.62. The largest absolute Gasteiger partial charge is 0.357 e. The fraction of sp³-hybridized carbons (Fsp3) is 0.259. The molecular weight excluding hydrogens is 496 g/mol. The number of carbonyl (C=O) groups is 2. The van der Waals surface area contributed by atoms with Crippen LogP contribution in [0.4, 0.5) is 0 Å². The minimum absolute atomic E-state index is 0.0138. The molecule has 1 atom stereocenters. The third kappa shape index (κ3) is 8.06. The lowest BCUT2D eigenvalue weighted by Gasteiger charge is -2.31. The van der Waals surface area contributed by atoms with E-state index in [4.69, 9.17) is 0 Å².